The summed E-state index contributed by atoms with van der Waals surface area (Å²) in [4.78, 5) is 18.0. The van der Waals surface area contributed by atoms with E-state index in [2.05, 4.69) is 4.98 Å². The molecule has 0 saturated carbocycles. The highest BCUT2D eigenvalue weighted by Gasteiger charge is 2.11. The summed E-state index contributed by atoms with van der Waals surface area (Å²) in [6, 6.07) is 15.4. The van der Waals surface area contributed by atoms with Crippen molar-refractivity contribution in [2.24, 2.45) is 0 Å². The highest BCUT2D eigenvalue weighted by atomic mass is 32.1. The number of nitrogens with zero attached hydrogens (tertiary/aromatic N) is 2. The Morgan fingerprint density at radius 3 is 2.83 bits per heavy atom. The van der Waals surface area contributed by atoms with E-state index in [0.717, 1.165) is 27.3 Å². The highest BCUT2D eigenvalue weighted by molar-refractivity contribution is 7.15. The van der Waals surface area contributed by atoms with Crippen molar-refractivity contribution in [3.8, 4) is 5.75 Å². The predicted octanol–water partition coefficient (Wildman–Crippen LogP) is 2.86. The molecule has 4 aromatic rings. The summed E-state index contributed by atoms with van der Waals surface area (Å²) in [5.41, 5.74) is 2.56. The number of hydrogen-bond acceptors (Lipinski definition) is 4. The van der Waals surface area contributed by atoms with E-state index < -0.39 is 0 Å². The molecular weight excluding hydrogens is 308 g/mol. The van der Waals surface area contributed by atoms with Crippen LogP contribution in [0.15, 0.2) is 53.3 Å². The van der Waals surface area contributed by atoms with Gasteiger partial charge in [0.15, 0.2) is 4.96 Å². The molecule has 0 N–H and O–H groups in total. The minimum atomic E-state index is -0.0370. The predicted molar refractivity (Wildman–Crippen MR) is 93.2 cm³/mol. The number of rotatable bonds is 3. The van der Waals surface area contributed by atoms with E-state index >= 15 is 0 Å². The molecule has 0 spiro atoms. The Morgan fingerprint density at radius 2 is 1.96 bits per heavy atom. The van der Waals surface area contributed by atoms with Gasteiger partial charge in [-0.05, 0) is 31.2 Å². The maximum atomic E-state index is 12.7. The van der Waals surface area contributed by atoms with Crippen molar-refractivity contribution in [2.75, 3.05) is 6.61 Å². The maximum Gasteiger partial charge on any atom is 0.274 e. The first-order valence-electron chi connectivity index (χ1n) is 7.41. The first-order valence-corrected chi connectivity index (χ1v) is 8.23. The van der Waals surface area contributed by atoms with Crippen molar-refractivity contribution in [1.29, 1.82) is 0 Å². The van der Waals surface area contributed by atoms with Crippen LogP contribution in [0.25, 0.3) is 22.1 Å². The highest BCUT2D eigenvalue weighted by Crippen LogP contribution is 2.19. The molecule has 0 amide bonds. The van der Waals surface area contributed by atoms with E-state index in [1.165, 1.54) is 11.3 Å². The number of thiazole rings is 1. The van der Waals surface area contributed by atoms with E-state index in [9.17, 15) is 4.79 Å². The van der Waals surface area contributed by atoms with Crippen LogP contribution in [-0.4, -0.2) is 16.0 Å². The van der Waals surface area contributed by atoms with Crippen LogP contribution in [0.1, 0.15) is 12.5 Å². The third-order valence-electron chi connectivity index (χ3n) is 3.65. The molecular formula is C18H14N2O2S. The Morgan fingerprint density at radius 1 is 1.17 bits per heavy atom. The van der Waals surface area contributed by atoms with E-state index in [1.807, 2.05) is 61.5 Å². The minimum Gasteiger partial charge on any atom is -0.493 e. The van der Waals surface area contributed by atoms with Crippen LogP contribution in [0, 0.1) is 0 Å². The molecule has 0 aliphatic rings. The Labute approximate surface area is 136 Å². The Bertz CT molecular complexity index is 1110. The van der Waals surface area contributed by atoms with E-state index in [0.29, 0.717) is 11.1 Å². The topological polar surface area (TPSA) is 43.6 Å². The molecule has 4 nitrogen and oxygen atoms in total. The zero-order valence-electron chi connectivity index (χ0n) is 12.5. The SMILES string of the molecule is CCOc1ccccc1/C=c1\sc2nc3ccccc3n2c1=O. The molecule has 114 valence electrons. The lowest BCUT2D eigenvalue weighted by atomic mass is 10.2. The van der Waals surface area contributed by atoms with Crippen molar-refractivity contribution >= 4 is 33.4 Å². The Hall–Kier alpha value is -2.66. The molecule has 0 unspecified atom stereocenters. The summed E-state index contributed by atoms with van der Waals surface area (Å²) in [5.74, 6) is 0.783. The average Bonchev–Trinajstić information content (AvgIpc) is 3.07. The number of hydrogen-bond donors (Lipinski definition) is 0. The van der Waals surface area contributed by atoms with Crippen LogP contribution in [-0.2, 0) is 0 Å². The van der Waals surface area contributed by atoms with Crippen LogP contribution in [0.2, 0.25) is 0 Å². The van der Waals surface area contributed by atoms with Gasteiger partial charge in [-0.3, -0.25) is 4.79 Å². The lowest BCUT2D eigenvalue weighted by Gasteiger charge is -2.05. The van der Waals surface area contributed by atoms with Crippen LogP contribution >= 0.6 is 11.3 Å². The second-order valence-electron chi connectivity index (χ2n) is 5.11. The summed E-state index contributed by atoms with van der Waals surface area (Å²) in [6.45, 7) is 2.54. The molecule has 0 fully saturated rings. The standard InChI is InChI=1S/C18H14N2O2S/c1-2-22-15-10-6-3-7-12(15)11-16-17(21)20-14-9-5-4-8-13(14)19-18(20)23-16/h3-11H,2H2,1H3/b16-11-. The lowest BCUT2D eigenvalue weighted by Crippen LogP contribution is -2.22. The smallest absolute Gasteiger partial charge is 0.274 e. The molecule has 0 atom stereocenters. The van der Waals surface area contributed by atoms with Crippen molar-refractivity contribution in [3.63, 3.8) is 0 Å². The van der Waals surface area contributed by atoms with Gasteiger partial charge in [0.1, 0.15) is 5.75 Å². The van der Waals surface area contributed by atoms with Gasteiger partial charge in [-0.1, -0.05) is 41.7 Å². The van der Waals surface area contributed by atoms with Gasteiger partial charge < -0.3 is 4.74 Å². The molecule has 0 aliphatic heterocycles. The van der Waals surface area contributed by atoms with E-state index in [-0.39, 0.29) is 5.56 Å². The largest absolute Gasteiger partial charge is 0.493 e. The molecule has 4 rings (SSSR count). The lowest BCUT2D eigenvalue weighted by molar-refractivity contribution is 0.339. The van der Waals surface area contributed by atoms with Gasteiger partial charge in [0.25, 0.3) is 5.56 Å². The molecule has 0 bridgehead atoms. The minimum absolute atomic E-state index is 0.0370. The molecule has 5 heteroatoms. The quantitative estimate of drug-likeness (QED) is 0.582. The summed E-state index contributed by atoms with van der Waals surface area (Å²) >= 11 is 1.40. The van der Waals surface area contributed by atoms with Crippen molar-refractivity contribution in [1.82, 2.24) is 9.38 Å². The normalized spacial score (nSPS) is 12.3. The van der Waals surface area contributed by atoms with Crippen molar-refractivity contribution in [2.45, 2.75) is 6.92 Å². The molecule has 23 heavy (non-hydrogen) atoms. The first-order chi connectivity index (χ1) is 11.3. The van der Waals surface area contributed by atoms with Gasteiger partial charge in [-0.15, -0.1) is 0 Å². The molecule has 0 saturated heterocycles. The summed E-state index contributed by atoms with van der Waals surface area (Å²) in [6.07, 6.45) is 1.88. The van der Waals surface area contributed by atoms with Gasteiger partial charge >= 0.3 is 0 Å². The number of ether oxygens (including phenoxy) is 1. The van der Waals surface area contributed by atoms with Gasteiger partial charge in [0.2, 0.25) is 0 Å². The van der Waals surface area contributed by atoms with Gasteiger partial charge in [0, 0.05) is 5.56 Å². The summed E-state index contributed by atoms with van der Waals surface area (Å²) in [7, 11) is 0. The number of para-hydroxylation sites is 3. The van der Waals surface area contributed by atoms with Crippen LogP contribution < -0.4 is 14.8 Å². The van der Waals surface area contributed by atoms with Crippen molar-refractivity contribution in [3.05, 3.63) is 69.0 Å². The van der Waals surface area contributed by atoms with Crippen LogP contribution in [0.3, 0.4) is 0 Å². The number of aromatic nitrogens is 2. The number of fused-ring (bicyclic) bond motifs is 3. The zero-order chi connectivity index (χ0) is 15.8. The molecule has 0 radical (unpaired) electrons. The maximum absolute atomic E-state index is 12.7. The fraction of sp³-hybridized carbons (Fsp3) is 0.111. The van der Waals surface area contributed by atoms with E-state index in [1.54, 1.807) is 4.40 Å². The fourth-order valence-electron chi connectivity index (χ4n) is 2.64. The molecule has 0 aliphatic carbocycles. The molecule has 2 aromatic carbocycles. The third-order valence-corrected chi connectivity index (χ3v) is 4.62. The van der Waals surface area contributed by atoms with Gasteiger partial charge in [0.05, 0.1) is 22.2 Å². The fourth-order valence-corrected chi connectivity index (χ4v) is 3.62. The van der Waals surface area contributed by atoms with Crippen LogP contribution in [0.5, 0.6) is 5.75 Å². The number of imidazole rings is 1. The average molecular weight is 322 g/mol. The Kier molecular flexibility index (Phi) is 3.35. The summed E-state index contributed by atoms with van der Waals surface area (Å²) in [5, 5.41) is 0. The first kappa shape index (κ1) is 14.0. The number of benzene rings is 2. The van der Waals surface area contributed by atoms with Gasteiger partial charge in [-0.2, -0.15) is 0 Å². The third kappa shape index (κ3) is 2.29. The second-order valence-corrected chi connectivity index (χ2v) is 6.11. The monoisotopic (exact) mass is 322 g/mol. The van der Waals surface area contributed by atoms with Gasteiger partial charge in [-0.25, -0.2) is 9.38 Å². The molecule has 2 aromatic heterocycles. The summed E-state index contributed by atoms with van der Waals surface area (Å²) < 4.78 is 7.96. The Balaban J connectivity index is 1.96. The zero-order valence-corrected chi connectivity index (χ0v) is 13.3. The molecule has 2 heterocycles. The van der Waals surface area contributed by atoms with Crippen LogP contribution in [0.4, 0.5) is 0 Å². The van der Waals surface area contributed by atoms with Crippen molar-refractivity contribution < 1.29 is 4.74 Å². The van der Waals surface area contributed by atoms with E-state index in [4.69, 9.17) is 4.74 Å². The second kappa shape index (κ2) is 5.52.